The minimum Gasteiger partial charge on any atom is -0.515 e. The van der Waals surface area contributed by atoms with Crippen LogP contribution in [0.1, 0.15) is 10.4 Å². The minimum atomic E-state index is 0.513. The third-order valence-electron chi connectivity index (χ3n) is 3.11. The van der Waals surface area contributed by atoms with E-state index < -0.39 is 0 Å². The number of hydrogen-bond donors (Lipinski definition) is 1. The second-order valence-electron chi connectivity index (χ2n) is 4.01. The Bertz CT molecular complexity index is 767. The summed E-state index contributed by atoms with van der Waals surface area (Å²) in [6.07, 6.45) is 1.78. The quantitative estimate of drug-likeness (QED) is 0.643. The van der Waals surface area contributed by atoms with Crippen molar-refractivity contribution < 1.29 is 9.90 Å². The fourth-order valence-corrected chi connectivity index (χ4v) is 2.36. The van der Waals surface area contributed by atoms with Crippen molar-refractivity contribution in [2.45, 2.75) is 0 Å². The highest BCUT2D eigenvalue weighted by Crippen LogP contribution is 2.24. The van der Waals surface area contributed by atoms with Crippen LogP contribution >= 0.6 is 0 Å². The minimum absolute atomic E-state index is 0.513. The van der Waals surface area contributed by atoms with E-state index in [-0.39, 0.29) is 0 Å². The van der Waals surface area contributed by atoms with Crippen LogP contribution in [-0.2, 0) is 0 Å². The Morgan fingerprint density at radius 1 is 1.00 bits per heavy atom. The number of aliphatic hydroxyl groups excluding tert-OH is 1. The van der Waals surface area contributed by atoms with Gasteiger partial charge in [-0.1, -0.05) is 36.4 Å². The third kappa shape index (κ3) is 1.31. The molecule has 17 heavy (non-hydrogen) atoms. The zero-order chi connectivity index (χ0) is 11.8. The lowest BCUT2D eigenvalue weighted by Gasteiger charge is -2.07. The van der Waals surface area contributed by atoms with E-state index in [4.69, 9.17) is 0 Å². The molecule has 0 saturated carbocycles. The van der Waals surface area contributed by atoms with E-state index in [9.17, 15) is 9.90 Å². The van der Waals surface area contributed by atoms with Gasteiger partial charge in [-0.3, -0.25) is 4.79 Å². The highest BCUT2D eigenvalue weighted by Gasteiger charge is 2.06. The Labute approximate surface area is 97.8 Å². The van der Waals surface area contributed by atoms with Crippen molar-refractivity contribution in [3.63, 3.8) is 0 Å². The molecule has 0 unspecified atom stereocenters. The van der Waals surface area contributed by atoms with Crippen LogP contribution in [0.2, 0.25) is 0 Å². The molecular formula is C15H10O2. The number of carbonyl (C=O) groups excluding carboxylic acids is 1. The van der Waals surface area contributed by atoms with Gasteiger partial charge in [-0.25, -0.2) is 0 Å². The molecule has 0 aliphatic rings. The molecule has 1 N–H and O–H groups in total. The zero-order valence-corrected chi connectivity index (χ0v) is 9.05. The first kappa shape index (κ1) is 9.85. The maximum absolute atomic E-state index is 11.0. The summed E-state index contributed by atoms with van der Waals surface area (Å²) in [5.41, 5.74) is 0.513. The summed E-state index contributed by atoms with van der Waals surface area (Å²) < 4.78 is 0. The van der Waals surface area contributed by atoms with Crippen LogP contribution < -0.4 is 5.22 Å². The van der Waals surface area contributed by atoms with E-state index in [0.717, 1.165) is 34.1 Å². The van der Waals surface area contributed by atoms with E-state index in [0.29, 0.717) is 10.8 Å². The van der Waals surface area contributed by atoms with Crippen LogP contribution in [0.5, 0.6) is 0 Å². The fraction of sp³-hybridized carbons (Fsp3) is 0. The van der Waals surface area contributed by atoms with Gasteiger partial charge in [-0.15, -0.1) is 0 Å². The normalized spacial score (nSPS) is 12.4. The van der Waals surface area contributed by atoms with E-state index >= 15 is 0 Å². The summed E-state index contributed by atoms with van der Waals surface area (Å²) in [7, 11) is 0. The van der Waals surface area contributed by atoms with Crippen LogP contribution in [0.25, 0.3) is 27.8 Å². The summed E-state index contributed by atoms with van der Waals surface area (Å²) in [6, 6.07) is 13.7. The van der Waals surface area contributed by atoms with Gasteiger partial charge in [0, 0.05) is 10.8 Å². The number of hydrogen-bond acceptors (Lipinski definition) is 2. The van der Waals surface area contributed by atoms with Crippen LogP contribution in [0.4, 0.5) is 0 Å². The van der Waals surface area contributed by atoms with Gasteiger partial charge in [0.05, 0.1) is 6.26 Å². The molecule has 82 valence electrons. The van der Waals surface area contributed by atoms with Gasteiger partial charge < -0.3 is 5.11 Å². The number of benzene rings is 3. The Hall–Kier alpha value is -2.35. The molecule has 0 spiro atoms. The summed E-state index contributed by atoms with van der Waals surface area (Å²) in [6.45, 7) is 0. The van der Waals surface area contributed by atoms with Crippen molar-refractivity contribution in [1.29, 1.82) is 0 Å². The van der Waals surface area contributed by atoms with E-state index in [1.54, 1.807) is 0 Å². The summed E-state index contributed by atoms with van der Waals surface area (Å²) in [5, 5.41) is 14.0. The van der Waals surface area contributed by atoms with E-state index in [1.807, 2.05) is 42.5 Å². The largest absolute Gasteiger partial charge is 0.515 e. The summed E-state index contributed by atoms with van der Waals surface area (Å²) in [4.78, 5) is 11.0. The molecule has 0 amide bonds. The van der Waals surface area contributed by atoms with Crippen LogP contribution in [-0.4, -0.2) is 11.4 Å². The number of carbonyl (C=O) groups is 1. The molecule has 2 heteroatoms. The molecule has 0 atom stereocenters. The molecule has 0 aromatic heterocycles. The topological polar surface area (TPSA) is 37.3 Å². The van der Waals surface area contributed by atoms with E-state index in [2.05, 4.69) is 0 Å². The molecule has 3 aromatic carbocycles. The van der Waals surface area contributed by atoms with Gasteiger partial charge in [0.25, 0.3) is 0 Å². The first-order chi connectivity index (χ1) is 8.35. The predicted molar refractivity (Wildman–Crippen MR) is 69.2 cm³/mol. The zero-order valence-electron chi connectivity index (χ0n) is 9.05. The fourth-order valence-electron chi connectivity index (χ4n) is 2.36. The monoisotopic (exact) mass is 222 g/mol. The average molecular weight is 222 g/mol. The second-order valence-corrected chi connectivity index (χ2v) is 4.01. The Morgan fingerprint density at radius 3 is 2.41 bits per heavy atom. The number of rotatable bonds is 1. The molecule has 2 nitrogen and oxygen atoms in total. The molecule has 3 aromatic rings. The Balaban J connectivity index is 2.72. The molecule has 0 saturated heterocycles. The average Bonchev–Trinajstić information content (AvgIpc) is 2.39. The number of aldehydes is 1. The van der Waals surface area contributed by atoms with Crippen LogP contribution in [0.15, 0.2) is 42.5 Å². The molecule has 3 rings (SSSR count). The number of aliphatic hydroxyl groups is 1. The van der Waals surface area contributed by atoms with Crippen molar-refractivity contribution in [3.05, 3.63) is 53.2 Å². The third-order valence-corrected chi connectivity index (χ3v) is 3.11. The standard InChI is InChI=1S/C15H10O2/c16-8-12-7-11-5-1-3-10-4-2-6-13(15(10)11)14(12)9-17/h1-9,17H. The maximum atomic E-state index is 11.0. The van der Waals surface area contributed by atoms with Gasteiger partial charge in [-0.2, -0.15) is 0 Å². The molecule has 0 fully saturated rings. The van der Waals surface area contributed by atoms with Crippen molar-refractivity contribution in [2.75, 3.05) is 0 Å². The van der Waals surface area contributed by atoms with E-state index in [1.165, 1.54) is 0 Å². The van der Waals surface area contributed by atoms with Gasteiger partial charge in [0.1, 0.15) is 0 Å². The SMILES string of the molecule is O=Cc1cc2cccc3cccc(c1=CO)c32. The smallest absolute Gasteiger partial charge is 0.150 e. The van der Waals surface area contributed by atoms with Gasteiger partial charge in [0.2, 0.25) is 0 Å². The second kappa shape index (κ2) is 3.59. The predicted octanol–water partition coefficient (Wildman–Crippen LogP) is 2.82. The van der Waals surface area contributed by atoms with Crippen molar-refractivity contribution >= 4 is 34.1 Å². The molecular weight excluding hydrogens is 212 g/mol. The first-order valence-electron chi connectivity index (χ1n) is 5.39. The van der Waals surface area contributed by atoms with Crippen LogP contribution in [0, 0.1) is 0 Å². The maximum Gasteiger partial charge on any atom is 0.150 e. The molecule has 0 radical (unpaired) electrons. The summed E-state index contributed by atoms with van der Waals surface area (Å²) in [5.74, 6) is 0. The Kier molecular flexibility index (Phi) is 2.08. The van der Waals surface area contributed by atoms with Crippen molar-refractivity contribution in [3.8, 4) is 0 Å². The van der Waals surface area contributed by atoms with Gasteiger partial charge in [-0.05, 0) is 27.6 Å². The lowest BCUT2D eigenvalue weighted by molar-refractivity contribution is 0.112. The van der Waals surface area contributed by atoms with Crippen LogP contribution in [0.3, 0.4) is 0 Å². The molecule has 0 aliphatic heterocycles. The molecule has 0 aliphatic carbocycles. The highest BCUT2D eigenvalue weighted by atomic mass is 16.2. The highest BCUT2D eigenvalue weighted by molar-refractivity contribution is 6.12. The van der Waals surface area contributed by atoms with Gasteiger partial charge in [0.15, 0.2) is 6.29 Å². The van der Waals surface area contributed by atoms with Gasteiger partial charge >= 0.3 is 0 Å². The van der Waals surface area contributed by atoms with Crippen molar-refractivity contribution in [1.82, 2.24) is 0 Å². The lowest BCUT2D eigenvalue weighted by Crippen LogP contribution is -2.10. The molecule has 0 heterocycles. The molecule has 0 bridgehead atoms. The Morgan fingerprint density at radius 2 is 1.71 bits per heavy atom. The van der Waals surface area contributed by atoms with Crippen molar-refractivity contribution in [2.24, 2.45) is 0 Å². The first-order valence-corrected chi connectivity index (χ1v) is 5.39. The summed E-state index contributed by atoms with van der Waals surface area (Å²) >= 11 is 0. The lowest BCUT2D eigenvalue weighted by atomic mass is 9.97.